The van der Waals surface area contributed by atoms with Crippen LogP contribution in [0.2, 0.25) is 0 Å². The fourth-order valence-corrected chi connectivity index (χ4v) is 3.04. The van der Waals surface area contributed by atoms with Crippen molar-refractivity contribution < 1.29 is 4.79 Å². The molecule has 8 heteroatoms. The number of nitrogens with zero attached hydrogens (tertiary/aromatic N) is 4. The lowest BCUT2D eigenvalue weighted by Gasteiger charge is -2.23. The number of amides is 1. The van der Waals surface area contributed by atoms with Gasteiger partial charge in [-0.3, -0.25) is 4.79 Å². The highest BCUT2D eigenvalue weighted by atomic mass is 127. The molecular weight excluding hydrogens is 461 g/mol. The second-order valence-electron chi connectivity index (χ2n) is 6.15. The summed E-state index contributed by atoms with van der Waals surface area (Å²) < 4.78 is 2.09. The van der Waals surface area contributed by atoms with Crippen molar-refractivity contribution in [1.29, 1.82) is 0 Å². The summed E-state index contributed by atoms with van der Waals surface area (Å²) in [6, 6.07) is 8.31. The lowest BCUT2D eigenvalue weighted by Crippen LogP contribution is -2.40. The number of thiophene rings is 1. The Bertz CT molecular complexity index is 696. The molecule has 0 fully saturated rings. The van der Waals surface area contributed by atoms with E-state index in [4.69, 9.17) is 0 Å². The highest BCUT2D eigenvalue weighted by Crippen LogP contribution is 2.08. The minimum absolute atomic E-state index is 0. The molecule has 0 aliphatic carbocycles. The minimum atomic E-state index is -0.00942. The lowest BCUT2D eigenvalue weighted by molar-refractivity contribution is -0.127. The highest BCUT2D eigenvalue weighted by Gasteiger charge is 2.11. The summed E-state index contributed by atoms with van der Waals surface area (Å²) in [6.07, 6.45) is 2.97. The minimum Gasteiger partial charge on any atom is -0.356 e. The Morgan fingerprint density at radius 2 is 2.04 bits per heavy atom. The number of hydrogen-bond acceptors (Lipinski definition) is 3. The second-order valence-corrected chi connectivity index (χ2v) is 7.18. The van der Waals surface area contributed by atoms with E-state index in [2.05, 4.69) is 38.5 Å². The summed E-state index contributed by atoms with van der Waals surface area (Å²) in [5, 5.41) is 5.47. The summed E-state index contributed by atoms with van der Waals surface area (Å²) in [5.74, 6) is 0.734. The SMILES string of the molecule is CN(C)C(=O)CN=C(NCCc1cccs1)N(C)Cc1cccn1C.I. The Morgan fingerprint density at radius 1 is 1.27 bits per heavy atom. The van der Waals surface area contributed by atoms with Crippen LogP contribution in [0.5, 0.6) is 0 Å². The van der Waals surface area contributed by atoms with Gasteiger partial charge in [0, 0.05) is 51.5 Å². The van der Waals surface area contributed by atoms with Crippen LogP contribution in [0.4, 0.5) is 0 Å². The van der Waals surface area contributed by atoms with Gasteiger partial charge in [-0.25, -0.2) is 4.99 Å². The number of halogens is 1. The van der Waals surface area contributed by atoms with E-state index >= 15 is 0 Å². The van der Waals surface area contributed by atoms with Crippen molar-refractivity contribution >= 4 is 47.2 Å². The molecule has 0 bridgehead atoms. The van der Waals surface area contributed by atoms with Gasteiger partial charge < -0.3 is 19.7 Å². The van der Waals surface area contributed by atoms with Crippen LogP contribution >= 0.6 is 35.3 Å². The van der Waals surface area contributed by atoms with E-state index in [1.54, 1.807) is 30.3 Å². The van der Waals surface area contributed by atoms with Gasteiger partial charge in [0.1, 0.15) is 6.54 Å². The van der Waals surface area contributed by atoms with Crippen molar-refractivity contribution in [3.63, 3.8) is 0 Å². The van der Waals surface area contributed by atoms with Gasteiger partial charge in [0.2, 0.25) is 5.91 Å². The molecule has 144 valence electrons. The van der Waals surface area contributed by atoms with Crippen LogP contribution in [0.3, 0.4) is 0 Å². The van der Waals surface area contributed by atoms with E-state index < -0.39 is 0 Å². The van der Waals surface area contributed by atoms with Crippen LogP contribution in [-0.4, -0.2) is 60.5 Å². The van der Waals surface area contributed by atoms with Crippen molar-refractivity contribution in [2.24, 2.45) is 12.0 Å². The van der Waals surface area contributed by atoms with Gasteiger partial charge in [-0.05, 0) is 30.0 Å². The van der Waals surface area contributed by atoms with Crippen LogP contribution < -0.4 is 5.32 Å². The Hall–Kier alpha value is -1.55. The molecule has 0 aliphatic heterocycles. The number of likely N-dealkylation sites (N-methyl/N-ethyl adjacent to an activating group) is 1. The summed E-state index contributed by atoms with van der Waals surface area (Å²) >= 11 is 1.75. The lowest BCUT2D eigenvalue weighted by atomic mass is 10.3. The van der Waals surface area contributed by atoms with Crippen molar-refractivity contribution in [2.75, 3.05) is 34.2 Å². The third kappa shape index (κ3) is 6.99. The van der Waals surface area contributed by atoms with E-state index in [0.717, 1.165) is 25.5 Å². The van der Waals surface area contributed by atoms with Gasteiger partial charge in [-0.1, -0.05) is 6.07 Å². The van der Waals surface area contributed by atoms with Gasteiger partial charge in [-0.15, -0.1) is 35.3 Å². The molecule has 0 saturated heterocycles. The fraction of sp³-hybridized carbons (Fsp3) is 0.444. The smallest absolute Gasteiger partial charge is 0.243 e. The van der Waals surface area contributed by atoms with Crippen molar-refractivity contribution in [3.05, 3.63) is 46.4 Å². The Morgan fingerprint density at radius 3 is 2.62 bits per heavy atom. The number of guanidine groups is 1. The molecule has 6 nitrogen and oxygen atoms in total. The molecule has 26 heavy (non-hydrogen) atoms. The number of rotatable bonds is 7. The van der Waals surface area contributed by atoms with E-state index in [-0.39, 0.29) is 36.4 Å². The van der Waals surface area contributed by atoms with Gasteiger partial charge in [-0.2, -0.15) is 0 Å². The zero-order valence-electron chi connectivity index (χ0n) is 15.8. The molecule has 2 rings (SSSR count). The van der Waals surface area contributed by atoms with Crippen molar-refractivity contribution in [1.82, 2.24) is 19.7 Å². The molecule has 0 spiro atoms. The first-order valence-electron chi connectivity index (χ1n) is 8.29. The maximum atomic E-state index is 11.9. The number of aryl methyl sites for hydroxylation is 1. The van der Waals surface area contributed by atoms with E-state index in [1.807, 2.05) is 31.3 Å². The number of carbonyl (C=O) groups is 1. The maximum Gasteiger partial charge on any atom is 0.243 e. The normalized spacial score (nSPS) is 11.0. The Labute approximate surface area is 176 Å². The number of nitrogens with one attached hydrogen (secondary N) is 1. The van der Waals surface area contributed by atoms with Crippen molar-refractivity contribution in [3.8, 4) is 0 Å². The monoisotopic (exact) mass is 489 g/mol. The van der Waals surface area contributed by atoms with Gasteiger partial charge in [0.05, 0.1) is 6.54 Å². The van der Waals surface area contributed by atoms with E-state index in [0.29, 0.717) is 0 Å². The quantitative estimate of drug-likeness (QED) is 0.369. The first-order chi connectivity index (χ1) is 12.0. The largest absolute Gasteiger partial charge is 0.356 e. The topological polar surface area (TPSA) is 52.9 Å². The predicted molar refractivity (Wildman–Crippen MR) is 119 cm³/mol. The van der Waals surface area contributed by atoms with Gasteiger partial charge in [0.15, 0.2) is 5.96 Å². The summed E-state index contributed by atoms with van der Waals surface area (Å²) in [7, 11) is 7.51. The van der Waals surface area contributed by atoms with Crippen molar-refractivity contribution in [2.45, 2.75) is 13.0 Å². The molecule has 2 aromatic heterocycles. The third-order valence-electron chi connectivity index (χ3n) is 3.91. The van der Waals surface area contributed by atoms with Crippen LogP contribution in [0.15, 0.2) is 40.8 Å². The molecular formula is C18H28IN5OS. The molecule has 2 aromatic rings. The number of aliphatic imine (C=N–C) groups is 1. The van der Waals surface area contributed by atoms with Crippen LogP contribution in [0, 0.1) is 0 Å². The number of aromatic nitrogens is 1. The molecule has 0 saturated carbocycles. The first kappa shape index (κ1) is 22.5. The highest BCUT2D eigenvalue weighted by molar-refractivity contribution is 14.0. The Balaban J connectivity index is 0.00000338. The molecule has 1 N–H and O–H groups in total. The number of carbonyl (C=O) groups excluding carboxylic acids is 1. The Kier molecular flexibility index (Phi) is 9.71. The fourth-order valence-electron chi connectivity index (χ4n) is 2.33. The standard InChI is InChI=1S/C18H27N5OS.HI/c1-21(2)17(24)13-20-18(19-10-9-16-8-6-12-25-16)23(4)14-15-7-5-11-22(15)3;/h5-8,11-12H,9-10,13-14H2,1-4H3,(H,19,20);1H. The van der Waals surface area contributed by atoms with E-state index in [9.17, 15) is 4.79 Å². The molecule has 0 atom stereocenters. The predicted octanol–water partition coefficient (Wildman–Crippen LogP) is 2.41. The number of hydrogen-bond donors (Lipinski definition) is 1. The summed E-state index contributed by atoms with van der Waals surface area (Å²) in [4.78, 5) is 21.3. The maximum absolute atomic E-state index is 11.9. The molecule has 0 aromatic carbocycles. The molecule has 0 aliphatic rings. The second kappa shape index (κ2) is 11.2. The molecule has 2 heterocycles. The van der Waals surface area contributed by atoms with Crippen LogP contribution in [0.25, 0.3) is 0 Å². The van der Waals surface area contributed by atoms with Gasteiger partial charge in [0.25, 0.3) is 0 Å². The van der Waals surface area contributed by atoms with Gasteiger partial charge >= 0.3 is 0 Å². The average Bonchev–Trinajstić information content (AvgIpc) is 3.22. The summed E-state index contributed by atoms with van der Waals surface area (Å²) in [5.41, 5.74) is 1.19. The van der Waals surface area contributed by atoms with Crippen LogP contribution in [0.1, 0.15) is 10.6 Å². The molecule has 1 amide bonds. The van der Waals surface area contributed by atoms with E-state index in [1.165, 1.54) is 10.6 Å². The first-order valence-corrected chi connectivity index (χ1v) is 9.17. The third-order valence-corrected chi connectivity index (χ3v) is 4.85. The summed E-state index contributed by atoms with van der Waals surface area (Å²) in [6.45, 7) is 1.66. The zero-order valence-corrected chi connectivity index (χ0v) is 19.0. The zero-order chi connectivity index (χ0) is 18.2. The average molecular weight is 489 g/mol. The molecule has 0 unspecified atom stereocenters. The molecule has 0 radical (unpaired) electrons. The van der Waals surface area contributed by atoms with Crippen LogP contribution in [-0.2, 0) is 24.8 Å².